The van der Waals surface area contributed by atoms with Crippen molar-refractivity contribution < 1.29 is 53.7 Å². The molecule has 0 fully saturated rings. The molecule has 1 rings (SSSR count). The summed E-state index contributed by atoms with van der Waals surface area (Å²) in [6, 6.07) is -8.39. The fourth-order valence-corrected chi connectivity index (χ4v) is 7.63. The topological polar surface area (TPSA) is 375 Å². The first-order valence-electron chi connectivity index (χ1n) is 25.4. The number of unbranched alkanes of at least 4 members (excludes halogenated alkanes) is 11. The normalized spacial score (nSPS) is 13.7. The van der Waals surface area contributed by atoms with Crippen LogP contribution < -0.4 is 48.7 Å². The predicted octanol–water partition coefficient (Wildman–Crippen LogP) is 1.24. The van der Waals surface area contributed by atoms with E-state index in [1.165, 1.54) is 70.3 Å². The Morgan fingerprint density at radius 1 is 0.620 bits per heavy atom. The van der Waals surface area contributed by atoms with Crippen molar-refractivity contribution in [3.8, 4) is 0 Å². The van der Waals surface area contributed by atoms with E-state index in [1.54, 1.807) is 0 Å². The van der Waals surface area contributed by atoms with Crippen LogP contribution in [0.5, 0.6) is 0 Å². The van der Waals surface area contributed by atoms with Crippen LogP contribution in [0.4, 0.5) is 0 Å². The van der Waals surface area contributed by atoms with Gasteiger partial charge in [-0.05, 0) is 56.9 Å². The summed E-state index contributed by atoms with van der Waals surface area (Å²) >= 11 is 0. The number of aromatic amines is 1. The predicted molar refractivity (Wildman–Crippen MR) is 268 cm³/mol. The molecule has 23 heteroatoms. The number of carboxylic acids is 2. The Kier molecular flexibility index (Phi) is 32.9. The maximum absolute atomic E-state index is 14.1. The first-order valence-corrected chi connectivity index (χ1v) is 25.4. The highest BCUT2D eigenvalue weighted by molar-refractivity contribution is 5.97. The van der Waals surface area contributed by atoms with Gasteiger partial charge >= 0.3 is 11.9 Å². The zero-order valence-corrected chi connectivity index (χ0v) is 42.7. The van der Waals surface area contributed by atoms with E-state index >= 15 is 0 Å². The molecule has 0 bridgehead atoms. The number of guanidine groups is 1. The number of rotatable bonds is 41. The van der Waals surface area contributed by atoms with E-state index in [4.69, 9.17) is 11.5 Å². The Bertz CT molecular complexity index is 1780. The fourth-order valence-electron chi connectivity index (χ4n) is 7.63. The average Bonchev–Trinajstić information content (AvgIpc) is 3.82. The monoisotopic (exact) mass is 1010 g/mol. The Morgan fingerprint density at radius 3 is 1.56 bits per heavy atom. The first-order chi connectivity index (χ1) is 33.8. The molecule has 0 aromatic carbocycles. The van der Waals surface area contributed by atoms with Gasteiger partial charge in [-0.2, -0.15) is 0 Å². The van der Waals surface area contributed by atoms with Crippen LogP contribution in [0, 0.1) is 11.8 Å². The fraction of sp³-hybridized carbons (Fsp3) is 0.750. The zero-order valence-electron chi connectivity index (χ0n) is 42.7. The molecule has 0 unspecified atom stereocenters. The molecule has 0 spiro atoms. The smallest absolute Gasteiger partial charge is 0.328 e. The number of carbonyl (C=O) groups excluding carboxylic acids is 6. The molecule has 0 saturated heterocycles. The van der Waals surface area contributed by atoms with Gasteiger partial charge in [0.15, 0.2) is 5.96 Å². The lowest BCUT2D eigenvalue weighted by molar-refractivity contribution is -0.143. The molecule has 0 aliphatic carbocycles. The minimum absolute atomic E-state index is 0.00491. The summed E-state index contributed by atoms with van der Waals surface area (Å²) in [5, 5.41) is 46.9. The number of aliphatic carboxylic acids is 2. The van der Waals surface area contributed by atoms with Gasteiger partial charge in [-0.3, -0.25) is 38.6 Å². The SMILES string of the molecule is CCCCCCCCCCCCCCNCC(=O)N[C@@H](CC(C)C)C(=O)N[C@@H](CC(C)C)C(=O)N[C@@H](CCCN=C(N)N)C(=O)N[C@H](CCC(=O)O)C(=O)N[C@@H](Cc1cnc[nH]1)C(=O)N[C@@H](CO)C(=O)O. The van der Waals surface area contributed by atoms with E-state index in [9.17, 15) is 53.7 Å². The highest BCUT2D eigenvalue weighted by atomic mass is 16.4. The van der Waals surface area contributed by atoms with E-state index in [1.807, 2.05) is 27.7 Å². The van der Waals surface area contributed by atoms with E-state index in [0.29, 0.717) is 12.2 Å². The van der Waals surface area contributed by atoms with Crippen LogP contribution >= 0.6 is 0 Å². The lowest BCUT2D eigenvalue weighted by Gasteiger charge is -2.28. The largest absolute Gasteiger partial charge is 0.481 e. The molecule has 1 aromatic heterocycles. The highest BCUT2D eigenvalue weighted by Gasteiger charge is 2.34. The Morgan fingerprint density at radius 2 is 1.08 bits per heavy atom. The van der Waals surface area contributed by atoms with Crippen molar-refractivity contribution in [2.75, 3.05) is 26.2 Å². The van der Waals surface area contributed by atoms with Crippen LogP contribution in [0.15, 0.2) is 17.5 Å². The number of aliphatic hydroxyl groups is 1. The van der Waals surface area contributed by atoms with Gasteiger partial charge < -0.3 is 69.0 Å². The number of carboxylic acid groups (broad SMARTS) is 2. The van der Waals surface area contributed by atoms with Crippen molar-refractivity contribution in [3.05, 3.63) is 18.2 Å². The van der Waals surface area contributed by atoms with Crippen LogP contribution in [0.3, 0.4) is 0 Å². The van der Waals surface area contributed by atoms with E-state index in [0.717, 1.165) is 19.3 Å². The first kappa shape index (κ1) is 63.2. The zero-order chi connectivity index (χ0) is 53.1. The molecule has 6 amide bonds. The standard InChI is InChI=1S/C48H86N12O11/c1-6-7-8-9-10-11-12-13-14-15-16-17-22-51-28-40(62)55-36(24-31(2)3)44(67)58-37(25-32(4)5)45(68)56-34(19-18-23-53-48(49)50)42(65)57-35(20-21-41(63)64)43(66)59-38(26-33-27-52-30-54-33)46(69)60-39(29-61)47(70)71/h27,30-32,34-39,51,61H,6-26,28-29H2,1-5H3,(H,52,54)(H,55,62)(H,56,68)(H,57,65)(H,58,67)(H,59,66)(H,60,69)(H,63,64)(H,70,71)(H4,49,50,53)/t34-,35+,36-,37-,38-,39-/m0/s1. The van der Waals surface area contributed by atoms with Crippen LogP contribution in [0.2, 0.25) is 0 Å². The van der Waals surface area contributed by atoms with Gasteiger partial charge in [0.2, 0.25) is 35.4 Å². The molecular weight excluding hydrogens is 921 g/mol. The summed E-state index contributed by atoms with van der Waals surface area (Å²) in [4.78, 5) is 116. The molecule has 0 aliphatic rings. The van der Waals surface area contributed by atoms with Gasteiger partial charge in [0.05, 0.1) is 19.5 Å². The third-order valence-electron chi connectivity index (χ3n) is 11.5. The maximum Gasteiger partial charge on any atom is 0.328 e. The number of nitrogens with one attached hydrogen (secondary N) is 8. The number of aromatic nitrogens is 2. The average molecular weight is 1010 g/mol. The molecule has 0 aliphatic heterocycles. The van der Waals surface area contributed by atoms with Crippen molar-refractivity contribution in [3.63, 3.8) is 0 Å². The second kappa shape index (κ2) is 37.0. The molecule has 1 heterocycles. The molecule has 1 aromatic rings. The minimum Gasteiger partial charge on any atom is -0.481 e. The van der Waals surface area contributed by atoms with Crippen molar-refractivity contribution in [1.82, 2.24) is 47.2 Å². The summed E-state index contributed by atoms with van der Waals surface area (Å²) in [7, 11) is 0. The Hall–Kier alpha value is -5.84. The Labute approximate surface area is 418 Å². The van der Waals surface area contributed by atoms with E-state index in [-0.39, 0.29) is 68.9 Å². The molecule has 404 valence electrons. The lowest BCUT2D eigenvalue weighted by Crippen LogP contribution is -2.60. The van der Waals surface area contributed by atoms with Crippen LogP contribution in [-0.4, -0.2) is 141 Å². The molecule has 23 nitrogen and oxygen atoms in total. The lowest BCUT2D eigenvalue weighted by atomic mass is 9.99. The van der Waals surface area contributed by atoms with Crippen LogP contribution in [0.1, 0.15) is 156 Å². The minimum atomic E-state index is -1.72. The molecule has 6 atom stereocenters. The summed E-state index contributed by atoms with van der Waals surface area (Å²) in [6.45, 7) is 9.41. The van der Waals surface area contributed by atoms with Gasteiger partial charge in [0, 0.05) is 31.3 Å². The molecule has 0 saturated carbocycles. The molecule has 15 N–H and O–H groups in total. The summed E-state index contributed by atoms with van der Waals surface area (Å²) < 4.78 is 0. The van der Waals surface area contributed by atoms with Crippen LogP contribution in [0.25, 0.3) is 0 Å². The third kappa shape index (κ3) is 29.8. The molecule has 71 heavy (non-hydrogen) atoms. The number of H-pyrrole nitrogens is 1. The highest BCUT2D eigenvalue weighted by Crippen LogP contribution is 2.13. The summed E-state index contributed by atoms with van der Waals surface area (Å²) in [6.07, 6.45) is 16.4. The number of nitrogens with zero attached hydrogens (tertiary/aromatic N) is 2. The van der Waals surface area contributed by atoms with Crippen molar-refractivity contribution in [1.29, 1.82) is 0 Å². The maximum atomic E-state index is 14.1. The molecular formula is C48H86N12O11. The van der Waals surface area contributed by atoms with Crippen LogP contribution in [-0.2, 0) is 44.8 Å². The van der Waals surface area contributed by atoms with E-state index in [2.05, 4.69) is 59.1 Å². The quantitative estimate of drug-likeness (QED) is 0.0249. The van der Waals surface area contributed by atoms with Crippen molar-refractivity contribution in [2.45, 2.75) is 193 Å². The molecule has 0 radical (unpaired) electrons. The number of imidazole rings is 1. The second-order valence-corrected chi connectivity index (χ2v) is 18.9. The number of hydrogen-bond donors (Lipinski definition) is 13. The number of hydrogen-bond acceptors (Lipinski definition) is 12. The van der Waals surface area contributed by atoms with Gasteiger partial charge in [-0.25, -0.2) is 9.78 Å². The number of nitrogens with two attached hydrogens (primary N) is 2. The van der Waals surface area contributed by atoms with Crippen molar-refractivity contribution >= 4 is 53.3 Å². The van der Waals surface area contributed by atoms with Gasteiger partial charge in [0.25, 0.3) is 0 Å². The summed E-state index contributed by atoms with van der Waals surface area (Å²) in [5.74, 6) is -7.94. The van der Waals surface area contributed by atoms with Gasteiger partial charge in [-0.1, -0.05) is 105 Å². The van der Waals surface area contributed by atoms with Crippen molar-refractivity contribution in [2.24, 2.45) is 28.3 Å². The Balaban J connectivity index is 3.16. The number of aliphatic hydroxyl groups excluding tert-OH is 1. The van der Waals surface area contributed by atoms with Gasteiger partial charge in [-0.15, -0.1) is 0 Å². The van der Waals surface area contributed by atoms with E-state index < -0.39 is 97.2 Å². The van der Waals surface area contributed by atoms with Gasteiger partial charge in [0.1, 0.15) is 36.3 Å². The second-order valence-electron chi connectivity index (χ2n) is 18.9. The number of carbonyl (C=O) groups is 8. The number of amides is 6. The third-order valence-corrected chi connectivity index (χ3v) is 11.5. The summed E-state index contributed by atoms with van der Waals surface area (Å²) in [5.41, 5.74) is 11.3. The number of aliphatic imine (C=N–C) groups is 1.